The number of pyridine rings is 1. The minimum atomic E-state index is 0.475. The number of halogens is 1. The number of anilines is 1. The van der Waals surface area contributed by atoms with Crippen LogP contribution in [0, 0.1) is 0 Å². The van der Waals surface area contributed by atoms with Gasteiger partial charge in [0.1, 0.15) is 0 Å². The maximum absolute atomic E-state index is 5.97. The van der Waals surface area contributed by atoms with Gasteiger partial charge in [-0.1, -0.05) is 0 Å². The van der Waals surface area contributed by atoms with Gasteiger partial charge < -0.3 is 14.2 Å². The lowest BCUT2D eigenvalue weighted by molar-refractivity contribution is 0.313. The van der Waals surface area contributed by atoms with E-state index < -0.39 is 0 Å². The Morgan fingerprint density at radius 3 is 2.62 bits per heavy atom. The third-order valence-electron chi connectivity index (χ3n) is 4.63. The van der Waals surface area contributed by atoms with Crippen molar-refractivity contribution >= 4 is 22.9 Å². The summed E-state index contributed by atoms with van der Waals surface area (Å²) in [5, 5.41) is 0. The molecule has 0 radical (unpaired) electrons. The molecule has 2 aromatic heterocycles. The van der Waals surface area contributed by atoms with Crippen molar-refractivity contribution in [2.24, 2.45) is 0 Å². The van der Waals surface area contributed by atoms with Crippen molar-refractivity contribution in [1.29, 1.82) is 0 Å². The summed E-state index contributed by atoms with van der Waals surface area (Å²) >= 11 is 5.97. The van der Waals surface area contributed by atoms with E-state index in [1.54, 1.807) is 0 Å². The van der Waals surface area contributed by atoms with Gasteiger partial charge in [0.05, 0.1) is 17.3 Å². The van der Waals surface area contributed by atoms with Crippen LogP contribution in [0.1, 0.15) is 30.0 Å². The third-order valence-corrected chi connectivity index (χ3v) is 4.91. The number of aromatic nitrogens is 2. The summed E-state index contributed by atoms with van der Waals surface area (Å²) in [6.45, 7) is 4.37. The molecule has 112 valence electrons. The number of imidazole rings is 1. The minimum Gasteiger partial charge on any atom is -0.366 e. The Kier molecular flexibility index (Phi) is 3.31. The first kappa shape index (κ1) is 13.4. The lowest BCUT2D eigenvalue weighted by atomic mass is 10.1. The standard InChI is InChI=1S/C16H21ClN4/c1-19-4-6-20(7-5-19)15-8-13(12-2-3-12)10-21-11-14(9-17)18-16(15)21/h8,10-12H,2-7,9H2,1H3. The summed E-state index contributed by atoms with van der Waals surface area (Å²) < 4.78 is 2.18. The Morgan fingerprint density at radius 1 is 1.19 bits per heavy atom. The number of alkyl halides is 1. The maximum Gasteiger partial charge on any atom is 0.160 e. The largest absolute Gasteiger partial charge is 0.366 e. The zero-order valence-electron chi connectivity index (χ0n) is 12.4. The third kappa shape index (κ3) is 2.51. The fraction of sp³-hybridized carbons (Fsp3) is 0.562. The van der Waals surface area contributed by atoms with E-state index in [4.69, 9.17) is 16.6 Å². The molecule has 3 heterocycles. The summed E-state index contributed by atoms with van der Waals surface area (Å²) in [5.74, 6) is 1.23. The van der Waals surface area contributed by atoms with Crippen molar-refractivity contribution in [2.45, 2.75) is 24.6 Å². The zero-order chi connectivity index (χ0) is 14.4. The molecule has 0 bridgehead atoms. The van der Waals surface area contributed by atoms with E-state index in [2.05, 4.69) is 39.7 Å². The Bertz CT molecular complexity index is 654. The topological polar surface area (TPSA) is 23.8 Å². The van der Waals surface area contributed by atoms with E-state index in [9.17, 15) is 0 Å². The minimum absolute atomic E-state index is 0.475. The highest BCUT2D eigenvalue weighted by atomic mass is 35.5. The molecule has 0 spiro atoms. The number of likely N-dealkylation sites (N-methyl/N-ethyl adjacent to an activating group) is 1. The monoisotopic (exact) mass is 304 g/mol. The molecule has 1 aliphatic carbocycles. The molecule has 21 heavy (non-hydrogen) atoms. The summed E-state index contributed by atoms with van der Waals surface area (Å²) in [6, 6.07) is 2.36. The van der Waals surface area contributed by atoms with E-state index in [0.717, 1.165) is 43.4 Å². The van der Waals surface area contributed by atoms with E-state index in [0.29, 0.717) is 5.88 Å². The summed E-state index contributed by atoms with van der Waals surface area (Å²) in [6.07, 6.45) is 6.97. The molecule has 1 aliphatic heterocycles. The average molecular weight is 305 g/mol. The SMILES string of the molecule is CN1CCN(c2cc(C3CC3)cn3cc(CCl)nc23)CC1. The normalized spacial score (nSPS) is 20.4. The molecule has 0 atom stereocenters. The molecule has 4 rings (SSSR count). The quantitative estimate of drug-likeness (QED) is 0.815. The van der Waals surface area contributed by atoms with Crippen LogP contribution in [0.15, 0.2) is 18.5 Å². The van der Waals surface area contributed by atoms with Gasteiger partial charge in [0, 0.05) is 38.6 Å². The summed E-state index contributed by atoms with van der Waals surface area (Å²) in [5.41, 5.74) is 4.75. The number of hydrogen-bond acceptors (Lipinski definition) is 3. The van der Waals surface area contributed by atoms with E-state index in [1.165, 1.54) is 24.1 Å². The summed E-state index contributed by atoms with van der Waals surface area (Å²) in [4.78, 5) is 9.58. The molecule has 1 saturated carbocycles. The molecule has 2 aliphatic rings. The number of piperazine rings is 1. The molecule has 0 N–H and O–H groups in total. The van der Waals surface area contributed by atoms with Crippen LogP contribution < -0.4 is 4.90 Å². The Labute approximate surface area is 130 Å². The summed E-state index contributed by atoms with van der Waals surface area (Å²) in [7, 11) is 2.19. The second-order valence-corrected chi connectivity index (χ2v) is 6.59. The first-order valence-corrected chi connectivity index (χ1v) is 8.29. The number of rotatable bonds is 3. The van der Waals surface area contributed by atoms with Gasteiger partial charge in [0.15, 0.2) is 5.65 Å². The molecule has 2 aromatic rings. The van der Waals surface area contributed by atoms with Crippen molar-refractivity contribution in [1.82, 2.24) is 14.3 Å². The predicted octanol–water partition coefficient (Wildman–Crippen LogP) is 2.70. The van der Waals surface area contributed by atoms with Crippen molar-refractivity contribution in [3.63, 3.8) is 0 Å². The van der Waals surface area contributed by atoms with Gasteiger partial charge in [-0.2, -0.15) is 0 Å². The number of hydrogen-bond donors (Lipinski definition) is 0. The Hall–Kier alpha value is -1.26. The molecule has 1 saturated heterocycles. The maximum atomic E-state index is 5.97. The fourth-order valence-electron chi connectivity index (χ4n) is 3.14. The van der Waals surface area contributed by atoms with Crippen LogP contribution >= 0.6 is 11.6 Å². The molecule has 0 aromatic carbocycles. The fourth-order valence-corrected chi connectivity index (χ4v) is 3.27. The highest BCUT2D eigenvalue weighted by Gasteiger charge is 2.26. The lowest BCUT2D eigenvalue weighted by Gasteiger charge is -2.34. The van der Waals surface area contributed by atoms with Gasteiger partial charge in [-0.15, -0.1) is 11.6 Å². The van der Waals surface area contributed by atoms with Gasteiger partial charge >= 0.3 is 0 Å². The second-order valence-electron chi connectivity index (χ2n) is 6.32. The molecular weight excluding hydrogens is 284 g/mol. The van der Waals surface area contributed by atoms with Gasteiger partial charge in [-0.3, -0.25) is 0 Å². The van der Waals surface area contributed by atoms with E-state index in [1.807, 2.05) is 0 Å². The molecule has 4 nitrogen and oxygen atoms in total. The Balaban J connectivity index is 1.78. The first-order chi connectivity index (χ1) is 10.2. The van der Waals surface area contributed by atoms with Crippen LogP contribution in [0.5, 0.6) is 0 Å². The predicted molar refractivity (Wildman–Crippen MR) is 86.4 cm³/mol. The highest BCUT2D eigenvalue weighted by molar-refractivity contribution is 6.16. The van der Waals surface area contributed by atoms with Crippen LogP contribution in [-0.2, 0) is 5.88 Å². The van der Waals surface area contributed by atoms with Crippen molar-refractivity contribution in [3.8, 4) is 0 Å². The molecular formula is C16H21ClN4. The number of fused-ring (bicyclic) bond motifs is 1. The van der Waals surface area contributed by atoms with Gasteiger partial charge in [0.25, 0.3) is 0 Å². The van der Waals surface area contributed by atoms with E-state index >= 15 is 0 Å². The molecule has 5 heteroatoms. The highest BCUT2D eigenvalue weighted by Crippen LogP contribution is 2.41. The molecule has 0 amide bonds. The lowest BCUT2D eigenvalue weighted by Crippen LogP contribution is -2.44. The first-order valence-electron chi connectivity index (χ1n) is 7.75. The van der Waals surface area contributed by atoms with Crippen LogP contribution in [0.25, 0.3) is 5.65 Å². The van der Waals surface area contributed by atoms with Crippen LogP contribution in [-0.4, -0.2) is 47.5 Å². The van der Waals surface area contributed by atoms with Crippen LogP contribution in [0.2, 0.25) is 0 Å². The van der Waals surface area contributed by atoms with Crippen LogP contribution in [0.3, 0.4) is 0 Å². The van der Waals surface area contributed by atoms with Gasteiger partial charge in [-0.05, 0) is 37.4 Å². The van der Waals surface area contributed by atoms with Crippen molar-refractivity contribution in [3.05, 3.63) is 29.7 Å². The zero-order valence-corrected chi connectivity index (χ0v) is 13.2. The van der Waals surface area contributed by atoms with E-state index in [-0.39, 0.29) is 0 Å². The average Bonchev–Trinajstić information content (AvgIpc) is 3.26. The smallest absolute Gasteiger partial charge is 0.160 e. The number of nitrogens with zero attached hydrogens (tertiary/aromatic N) is 4. The van der Waals surface area contributed by atoms with Crippen LogP contribution in [0.4, 0.5) is 5.69 Å². The molecule has 0 unspecified atom stereocenters. The second kappa shape index (κ2) is 5.18. The van der Waals surface area contributed by atoms with Crippen molar-refractivity contribution in [2.75, 3.05) is 38.1 Å². The molecule has 2 fully saturated rings. The van der Waals surface area contributed by atoms with Gasteiger partial charge in [0.2, 0.25) is 0 Å². The Morgan fingerprint density at radius 2 is 1.95 bits per heavy atom. The van der Waals surface area contributed by atoms with Gasteiger partial charge in [-0.25, -0.2) is 4.98 Å². The van der Waals surface area contributed by atoms with Crippen molar-refractivity contribution < 1.29 is 0 Å².